The number of methoxy groups -OCH3 is 1. The number of rotatable bonds is 10. The minimum absolute atomic E-state index is 0.485. The molecule has 0 saturated carbocycles. The van der Waals surface area contributed by atoms with Gasteiger partial charge in [-0.05, 0) is 41.8 Å². The van der Waals surface area contributed by atoms with Gasteiger partial charge in [-0.15, -0.1) is 0 Å². The van der Waals surface area contributed by atoms with E-state index in [9.17, 15) is 0 Å². The van der Waals surface area contributed by atoms with Gasteiger partial charge in [-0.25, -0.2) is 4.68 Å². The lowest BCUT2D eigenvalue weighted by atomic mass is 10.1. The van der Waals surface area contributed by atoms with Crippen LogP contribution in [0.3, 0.4) is 0 Å². The molecule has 2 aromatic carbocycles. The zero-order valence-electron chi connectivity index (χ0n) is 16.0. The smallest absolute Gasteiger partial charge is 0.161 e. The Kier molecular flexibility index (Phi) is 7.05. The van der Waals surface area contributed by atoms with Gasteiger partial charge in [0.25, 0.3) is 0 Å². The molecule has 3 rings (SSSR count). The highest BCUT2D eigenvalue weighted by molar-refractivity contribution is 5.43. The lowest BCUT2D eigenvalue weighted by molar-refractivity contribution is 0.290. The first-order valence-corrected chi connectivity index (χ1v) is 9.27. The van der Waals surface area contributed by atoms with Gasteiger partial charge in [-0.3, -0.25) is 0 Å². The van der Waals surface area contributed by atoms with Gasteiger partial charge in [0.15, 0.2) is 11.5 Å². The Labute approximate surface area is 165 Å². The second-order valence-electron chi connectivity index (χ2n) is 6.28. The van der Waals surface area contributed by atoms with E-state index >= 15 is 0 Å². The molecule has 0 saturated heterocycles. The van der Waals surface area contributed by atoms with Crippen LogP contribution in [-0.4, -0.2) is 23.5 Å². The highest BCUT2D eigenvalue weighted by atomic mass is 16.5. The molecule has 3 aromatic rings. The van der Waals surface area contributed by atoms with Crippen molar-refractivity contribution in [2.75, 3.05) is 13.7 Å². The van der Waals surface area contributed by atoms with Gasteiger partial charge < -0.3 is 14.8 Å². The first kappa shape index (κ1) is 19.5. The fraction of sp³-hybridized carbons (Fsp3) is 0.273. The fourth-order valence-corrected chi connectivity index (χ4v) is 2.91. The summed E-state index contributed by atoms with van der Waals surface area (Å²) in [7, 11) is 1.63. The average molecular weight is 376 g/mol. The minimum Gasteiger partial charge on any atom is -0.493 e. The van der Waals surface area contributed by atoms with Crippen molar-refractivity contribution in [1.82, 2.24) is 15.1 Å². The maximum absolute atomic E-state index is 8.64. The van der Waals surface area contributed by atoms with Crippen LogP contribution in [0.15, 0.2) is 60.9 Å². The molecule has 0 atom stereocenters. The third-order valence-electron chi connectivity index (χ3n) is 4.31. The Morgan fingerprint density at radius 3 is 2.79 bits per heavy atom. The van der Waals surface area contributed by atoms with E-state index in [4.69, 9.17) is 14.7 Å². The van der Waals surface area contributed by atoms with Gasteiger partial charge in [-0.1, -0.05) is 24.3 Å². The molecule has 0 unspecified atom stereocenters. The number of nitriles is 1. The lowest BCUT2D eigenvalue weighted by Gasteiger charge is -2.13. The molecular weight excluding hydrogens is 352 g/mol. The van der Waals surface area contributed by atoms with Crippen LogP contribution < -0.4 is 14.8 Å². The van der Waals surface area contributed by atoms with E-state index in [-0.39, 0.29) is 0 Å². The molecule has 1 heterocycles. The Hall–Kier alpha value is -3.30. The third kappa shape index (κ3) is 5.12. The largest absolute Gasteiger partial charge is 0.493 e. The molecule has 0 bridgehead atoms. The predicted molar refractivity (Wildman–Crippen MR) is 107 cm³/mol. The molecule has 0 aliphatic carbocycles. The first-order valence-electron chi connectivity index (χ1n) is 9.27. The number of benzene rings is 2. The molecule has 0 amide bonds. The normalized spacial score (nSPS) is 10.4. The predicted octanol–water partition coefficient (Wildman–Crippen LogP) is 3.85. The van der Waals surface area contributed by atoms with E-state index in [0.717, 1.165) is 17.8 Å². The molecule has 1 aromatic heterocycles. The van der Waals surface area contributed by atoms with Crippen molar-refractivity contribution < 1.29 is 9.47 Å². The average Bonchev–Trinajstić information content (AvgIpc) is 3.26. The Morgan fingerprint density at radius 1 is 1.11 bits per heavy atom. The number of hydrogen-bond acceptors (Lipinski definition) is 5. The summed E-state index contributed by atoms with van der Waals surface area (Å²) in [6.45, 7) is 1.92. The highest BCUT2D eigenvalue weighted by Crippen LogP contribution is 2.28. The monoisotopic (exact) mass is 376 g/mol. The molecule has 6 heteroatoms. The molecule has 28 heavy (non-hydrogen) atoms. The second kappa shape index (κ2) is 10.1. The summed E-state index contributed by atoms with van der Waals surface area (Å²) in [6.07, 6.45) is 4.91. The Bertz CT molecular complexity index is 917. The van der Waals surface area contributed by atoms with Gasteiger partial charge in [0.2, 0.25) is 0 Å². The summed E-state index contributed by atoms with van der Waals surface area (Å²) in [5, 5.41) is 16.4. The van der Waals surface area contributed by atoms with E-state index in [1.54, 1.807) is 13.3 Å². The first-order chi connectivity index (χ1) is 13.8. The van der Waals surface area contributed by atoms with Crippen molar-refractivity contribution in [3.8, 4) is 23.3 Å². The van der Waals surface area contributed by atoms with E-state index < -0.39 is 0 Å². The maximum Gasteiger partial charge on any atom is 0.161 e. The SMILES string of the molecule is COc1ccc(CNCc2ccccc2-n2cccn2)cc1OCCCC#N. The molecule has 0 radical (unpaired) electrons. The van der Waals surface area contributed by atoms with Crippen molar-refractivity contribution in [1.29, 1.82) is 5.26 Å². The van der Waals surface area contributed by atoms with Crippen molar-refractivity contribution in [2.24, 2.45) is 0 Å². The zero-order valence-corrected chi connectivity index (χ0v) is 16.0. The standard InChI is InChI=1S/C22H24N4O2/c1-27-21-10-9-18(15-22(21)28-14-5-4-11-23)16-24-17-19-7-2-3-8-20(19)26-13-6-12-25-26/h2-3,6-10,12-13,15,24H,4-5,14,16-17H2,1H3. The fourth-order valence-electron chi connectivity index (χ4n) is 2.91. The topological polar surface area (TPSA) is 72.1 Å². The molecular formula is C22H24N4O2. The molecule has 1 N–H and O–H groups in total. The molecule has 0 aliphatic rings. The molecule has 144 valence electrons. The lowest BCUT2D eigenvalue weighted by Crippen LogP contribution is -2.15. The Balaban J connectivity index is 1.62. The Morgan fingerprint density at radius 2 is 2.00 bits per heavy atom. The number of nitrogens with zero attached hydrogens (tertiary/aromatic N) is 3. The number of ether oxygens (including phenoxy) is 2. The van der Waals surface area contributed by atoms with Crippen LogP contribution >= 0.6 is 0 Å². The van der Waals surface area contributed by atoms with Gasteiger partial charge in [0, 0.05) is 31.9 Å². The van der Waals surface area contributed by atoms with Crippen molar-refractivity contribution in [3.05, 3.63) is 72.1 Å². The van der Waals surface area contributed by atoms with Crippen LogP contribution in [0.1, 0.15) is 24.0 Å². The maximum atomic E-state index is 8.64. The summed E-state index contributed by atoms with van der Waals surface area (Å²) >= 11 is 0. The van der Waals surface area contributed by atoms with Crippen molar-refractivity contribution in [2.45, 2.75) is 25.9 Å². The summed E-state index contributed by atoms with van der Waals surface area (Å²) in [4.78, 5) is 0. The van der Waals surface area contributed by atoms with Gasteiger partial charge >= 0.3 is 0 Å². The van der Waals surface area contributed by atoms with Gasteiger partial charge in [0.1, 0.15) is 0 Å². The molecule has 0 spiro atoms. The molecule has 0 aliphatic heterocycles. The van der Waals surface area contributed by atoms with Crippen LogP contribution in [0.2, 0.25) is 0 Å². The van der Waals surface area contributed by atoms with Gasteiger partial charge in [0.05, 0.1) is 25.5 Å². The van der Waals surface area contributed by atoms with E-state index in [1.807, 2.05) is 47.3 Å². The number of nitrogens with one attached hydrogen (secondary N) is 1. The van der Waals surface area contributed by atoms with Crippen LogP contribution in [0.25, 0.3) is 5.69 Å². The summed E-state index contributed by atoms with van der Waals surface area (Å²) in [6, 6.07) is 18.2. The van der Waals surface area contributed by atoms with Crippen molar-refractivity contribution >= 4 is 0 Å². The minimum atomic E-state index is 0.485. The summed E-state index contributed by atoms with van der Waals surface area (Å²) in [5.41, 5.74) is 3.34. The number of hydrogen-bond donors (Lipinski definition) is 1. The van der Waals surface area contributed by atoms with E-state index in [1.165, 1.54) is 5.56 Å². The molecule has 6 nitrogen and oxygen atoms in total. The van der Waals surface area contributed by atoms with Crippen molar-refractivity contribution in [3.63, 3.8) is 0 Å². The van der Waals surface area contributed by atoms with Gasteiger partial charge in [-0.2, -0.15) is 10.4 Å². The molecule has 0 fully saturated rings. The summed E-state index contributed by atoms with van der Waals surface area (Å²) in [5.74, 6) is 1.40. The van der Waals surface area contributed by atoms with E-state index in [0.29, 0.717) is 37.5 Å². The van der Waals surface area contributed by atoms with Crippen LogP contribution in [0.4, 0.5) is 0 Å². The van der Waals surface area contributed by atoms with E-state index in [2.05, 4.69) is 28.6 Å². The number of para-hydroxylation sites is 1. The van der Waals surface area contributed by atoms with Crippen LogP contribution in [0, 0.1) is 11.3 Å². The quantitative estimate of drug-likeness (QED) is 0.544. The number of unbranched alkanes of at least 4 members (excludes halogenated alkanes) is 1. The third-order valence-corrected chi connectivity index (χ3v) is 4.31. The summed E-state index contributed by atoms with van der Waals surface area (Å²) < 4.78 is 13.0. The number of aromatic nitrogens is 2. The highest BCUT2D eigenvalue weighted by Gasteiger charge is 2.07. The zero-order chi connectivity index (χ0) is 19.6. The second-order valence-corrected chi connectivity index (χ2v) is 6.28. The van der Waals surface area contributed by atoms with Crippen LogP contribution in [-0.2, 0) is 13.1 Å². The van der Waals surface area contributed by atoms with Crippen LogP contribution in [0.5, 0.6) is 11.5 Å².